The maximum absolute atomic E-state index is 14.2. The Morgan fingerprint density at radius 3 is 2.39 bits per heavy atom. The van der Waals surface area contributed by atoms with Crippen molar-refractivity contribution in [1.82, 2.24) is 0 Å². The van der Waals surface area contributed by atoms with E-state index in [4.69, 9.17) is 9.47 Å². The third kappa shape index (κ3) is 5.51. The van der Waals surface area contributed by atoms with Crippen molar-refractivity contribution >= 4 is 5.97 Å². The highest BCUT2D eigenvalue weighted by molar-refractivity contribution is 5.83. The first-order valence-corrected chi connectivity index (χ1v) is 11.6. The predicted octanol–water partition coefficient (Wildman–Crippen LogP) is 6.84. The minimum absolute atomic E-state index is 0.0762. The summed E-state index contributed by atoms with van der Waals surface area (Å²) in [7, 11) is 0. The van der Waals surface area contributed by atoms with E-state index >= 15 is 0 Å². The molecule has 0 aliphatic heterocycles. The van der Waals surface area contributed by atoms with Gasteiger partial charge in [0.05, 0.1) is 6.61 Å². The van der Waals surface area contributed by atoms with Crippen molar-refractivity contribution in [3.8, 4) is 22.6 Å². The Morgan fingerprint density at radius 2 is 1.67 bits per heavy atom. The number of hydrogen-bond acceptors (Lipinski definition) is 3. The first-order chi connectivity index (χ1) is 16.1. The van der Waals surface area contributed by atoms with Crippen molar-refractivity contribution in [3.63, 3.8) is 0 Å². The van der Waals surface area contributed by atoms with Crippen LogP contribution < -0.4 is 9.47 Å². The Balaban J connectivity index is 1.38. The third-order valence-corrected chi connectivity index (χ3v) is 6.01. The lowest BCUT2D eigenvalue weighted by atomic mass is 9.99. The summed E-state index contributed by atoms with van der Waals surface area (Å²) in [6.45, 7) is 6.28. The molecule has 1 aliphatic carbocycles. The van der Waals surface area contributed by atoms with Gasteiger partial charge in [-0.1, -0.05) is 56.7 Å². The van der Waals surface area contributed by atoms with E-state index in [1.54, 1.807) is 6.07 Å². The molecule has 0 saturated heterocycles. The molecule has 0 spiro atoms. The number of rotatable bonds is 10. The molecule has 4 rings (SSSR count). The van der Waals surface area contributed by atoms with Crippen molar-refractivity contribution in [2.75, 3.05) is 6.61 Å². The van der Waals surface area contributed by atoms with Crippen LogP contribution in [0.25, 0.3) is 11.1 Å². The number of carbonyl (C=O) groups is 1. The fraction of sp³-hybridized carbons (Fsp3) is 0.276. The van der Waals surface area contributed by atoms with Crippen molar-refractivity contribution in [2.45, 2.75) is 45.4 Å². The van der Waals surface area contributed by atoms with Gasteiger partial charge >= 0.3 is 5.97 Å². The molecule has 170 valence electrons. The number of fused-ring (bicyclic) bond motifs is 3. The smallest absolute Gasteiger partial charge is 0.335 e. The van der Waals surface area contributed by atoms with Crippen molar-refractivity contribution in [1.29, 1.82) is 0 Å². The van der Waals surface area contributed by atoms with E-state index < -0.39 is 11.8 Å². The zero-order valence-corrected chi connectivity index (χ0v) is 19.0. The number of hydrogen-bond donors (Lipinski definition) is 0. The highest BCUT2D eigenvalue weighted by atomic mass is 19.1. The summed E-state index contributed by atoms with van der Waals surface area (Å²) in [6.07, 6.45) is 6.90. The Kier molecular flexibility index (Phi) is 7.23. The maximum atomic E-state index is 14.2. The summed E-state index contributed by atoms with van der Waals surface area (Å²) in [5.74, 6) is -0.342. The molecule has 33 heavy (non-hydrogen) atoms. The quantitative estimate of drug-likeness (QED) is 0.116. The van der Waals surface area contributed by atoms with E-state index in [1.165, 1.54) is 52.8 Å². The molecule has 0 bridgehead atoms. The molecule has 0 N–H and O–H groups in total. The summed E-state index contributed by atoms with van der Waals surface area (Å²) < 4.78 is 25.1. The van der Waals surface area contributed by atoms with Gasteiger partial charge in [0.2, 0.25) is 0 Å². The number of esters is 1. The summed E-state index contributed by atoms with van der Waals surface area (Å²) in [5.41, 5.74) is 7.28. The van der Waals surface area contributed by atoms with Gasteiger partial charge in [-0.15, -0.1) is 0 Å². The van der Waals surface area contributed by atoms with Crippen LogP contribution in [0, 0.1) is 5.82 Å². The normalized spacial score (nSPS) is 11.6. The number of unbranched alkanes of at least 4 members (excludes halogenated alkanes) is 2. The van der Waals surface area contributed by atoms with Gasteiger partial charge < -0.3 is 9.47 Å². The molecule has 0 fully saturated rings. The molecule has 3 nitrogen and oxygen atoms in total. The van der Waals surface area contributed by atoms with Gasteiger partial charge in [-0.3, -0.25) is 0 Å². The number of halogens is 1. The molecule has 0 atom stereocenters. The van der Waals surface area contributed by atoms with Crippen LogP contribution >= 0.6 is 0 Å². The summed E-state index contributed by atoms with van der Waals surface area (Å²) >= 11 is 0. The minimum atomic E-state index is -0.670. The lowest BCUT2D eigenvalue weighted by Gasteiger charge is -2.08. The molecule has 0 unspecified atom stereocenters. The van der Waals surface area contributed by atoms with Gasteiger partial charge in [-0.2, -0.15) is 0 Å². The summed E-state index contributed by atoms with van der Waals surface area (Å²) in [6, 6.07) is 17.7. The van der Waals surface area contributed by atoms with E-state index in [0.717, 1.165) is 43.3 Å². The number of ether oxygens (including phenoxy) is 2. The average Bonchev–Trinajstić information content (AvgIpc) is 3.19. The molecule has 0 amide bonds. The maximum Gasteiger partial charge on any atom is 0.335 e. The highest BCUT2D eigenvalue weighted by Crippen LogP contribution is 2.39. The topological polar surface area (TPSA) is 35.5 Å². The van der Waals surface area contributed by atoms with Crippen molar-refractivity contribution < 1.29 is 18.7 Å². The fourth-order valence-electron chi connectivity index (χ4n) is 4.25. The molecular weight excluding hydrogens is 415 g/mol. The SMILES string of the molecule is C=CC(=O)Oc1ccc(CCc2ccc3c(c2)Cc2cc(OCCCCC)ccc2-3)cc1F. The predicted molar refractivity (Wildman–Crippen MR) is 129 cm³/mol. The molecule has 4 heteroatoms. The van der Waals surface area contributed by atoms with Crippen LogP contribution in [0.15, 0.2) is 67.3 Å². The zero-order valence-electron chi connectivity index (χ0n) is 19.0. The fourth-order valence-corrected chi connectivity index (χ4v) is 4.25. The summed E-state index contributed by atoms with van der Waals surface area (Å²) in [5, 5.41) is 0. The monoisotopic (exact) mass is 444 g/mol. The molecule has 3 aromatic carbocycles. The van der Waals surface area contributed by atoms with Crippen LogP contribution in [0.1, 0.15) is 48.4 Å². The van der Waals surface area contributed by atoms with Crippen LogP contribution in [0.5, 0.6) is 11.5 Å². The second-order valence-corrected chi connectivity index (χ2v) is 8.43. The van der Waals surface area contributed by atoms with Crippen molar-refractivity contribution in [3.05, 3.63) is 95.3 Å². The molecule has 0 aromatic heterocycles. The van der Waals surface area contributed by atoms with Crippen molar-refractivity contribution in [2.24, 2.45) is 0 Å². The number of carbonyl (C=O) groups excluding carboxylic acids is 1. The Hall–Kier alpha value is -3.40. The van der Waals surface area contributed by atoms with Crippen LogP contribution in [-0.4, -0.2) is 12.6 Å². The van der Waals surface area contributed by atoms with Gasteiger partial charge in [0, 0.05) is 6.08 Å². The molecule has 1 aliphatic rings. The Morgan fingerprint density at radius 1 is 0.970 bits per heavy atom. The lowest BCUT2D eigenvalue weighted by Crippen LogP contribution is -2.05. The average molecular weight is 445 g/mol. The molecule has 3 aromatic rings. The van der Waals surface area contributed by atoms with Gasteiger partial charge in [0.1, 0.15) is 5.75 Å². The standard InChI is InChI=1S/C29H29FO3/c1-3-5-6-15-32-24-11-13-26-23(19-24)18-22-16-20(9-12-25(22)26)7-8-21-10-14-28(27(30)17-21)33-29(31)4-2/h4,9-14,16-17,19H,2-3,5-8,15,18H2,1H3. The minimum Gasteiger partial charge on any atom is -0.494 e. The van der Waals surface area contributed by atoms with Crippen LogP contribution in [0.2, 0.25) is 0 Å². The largest absolute Gasteiger partial charge is 0.494 e. The van der Waals surface area contributed by atoms with Crippen LogP contribution in [-0.2, 0) is 24.1 Å². The number of benzene rings is 3. The first-order valence-electron chi connectivity index (χ1n) is 11.6. The van der Waals surface area contributed by atoms with E-state index in [2.05, 4.69) is 49.9 Å². The highest BCUT2D eigenvalue weighted by Gasteiger charge is 2.19. The first kappa shape index (κ1) is 22.8. The van der Waals surface area contributed by atoms with Crippen LogP contribution in [0.3, 0.4) is 0 Å². The second kappa shape index (κ2) is 10.5. The summed E-state index contributed by atoms with van der Waals surface area (Å²) in [4.78, 5) is 11.3. The Labute approximate surface area is 194 Å². The van der Waals surface area contributed by atoms with Gasteiger partial charge in [0.15, 0.2) is 11.6 Å². The molecule has 0 heterocycles. The zero-order chi connectivity index (χ0) is 23.2. The van der Waals surface area contributed by atoms with E-state index in [-0.39, 0.29) is 5.75 Å². The molecular formula is C29H29FO3. The third-order valence-electron chi connectivity index (χ3n) is 6.01. The van der Waals surface area contributed by atoms with Gasteiger partial charge in [-0.05, 0) is 83.3 Å². The van der Waals surface area contributed by atoms with E-state index in [1.807, 2.05) is 0 Å². The number of aryl methyl sites for hydroxylation is 2. The lowest BCUT2D eigenvalue weighted by molar-refractivity contribution is -0.129. The molecule has 0 saturated carbocycles. The van der Waals surface area contributed by atoms with Crippen LogP contribution in [0.4, 0.5) is 4.39 Å². The Bertz CT molecular complexity index is 1170. The van der Waals surface area contributed by atoms with E-state index in [0.29, 0.717) is 6.42 Å². The molecule has 0 radical (unpaired) electrons. The van der Waals surface area contributed by atoms with E-state index in [9.17, 15) is 9.18 Å². The second-order valence-electron chi connectivity index (χ2n) is 8.43. The van der Waals surface area contributed by atoms with Gasteiger partial charge in [-0.25, -0.2) is 9.18 Å². The van der Waals surface area contributed by atoms with Gasteiger partial charge in [0.25, 0.3) is 0 Å².